The van der Waals surface area contributed by atoms with Crippen LogP contribution in [0.5, 0.6) is 5.75 Å². The molecule has 0 radical (unpaired) electrons. The number of hydrogen-bond donors (Lipinski definition) is 1. The quantitative estimate of drug-likeness (QED) is 0.711. The molecule has 1 aliphatic rings. The van der Waals surface area contributed by atoms with Gasteiger partial charge in [-0.1, -0.05) is 54.6 Å². The lowest BCUT2D eigenvalue weighted by Gasteiger charge is -2.28. The van der Waals surface area contributed by atoms with Gasteiger partial charge in [-0.05, 0) is 34.9 Å². The van der Waals surface area contributed by atoms with Gasteiger partial charge in [0.15, 0.2) is 5.54 Å². The Morgan fingerprint density at radius 1 is 0.893 bits per heavy atom. The zero-order valence-corrected chi connectivity index (χ0v) is 15.6. The number of ether oxygens (including phenoxy) is 2. The van der Waals surface area contributed by atoms with Crippen molar-refractivity contribution in [1.82, 2.24) is 5.32 Å². The third-order valence-electron chi connectivity index (χ3n) is 5.09. The molecule has 1 N–H and O–H groups in total. The van der Waals surface area contributed by atoms with Gasteiger partial charge in [-0.2, -0.15) is 0 Å². The van der Waals surface area contributed by atoms with Gasteiger partial charge in [0.05, 0.1) is 14.2 Å². The van der Waals surface area contributed by atoms with E-state index in [2.05, 4.69) is 5.32 Å². The molecule has 1 aliphatic heterocycles. The fraction of sp³-hybridized carbons (Fsp3) is 0.130. The van der Waals surface area contributed by atoms with Crippen molar-refractivity contribution in [3.8, 4) is 16.9 Å². The van der Waals surface area contributed by atoms with Crippen LogP contribution in [0.2, 0.25) is 0 Å². The van der Waals surface area contributed by atoms with E-state index >= 15 is 0 Å². The third kappa shape index (κ3) is 2.63. The van der Waals surface area contributed by atoms with Gasteiger partial charge < -0.3 is 14.8 Å². The van der Waals surface area contributed by atoms with E-state index in [4.69, 9.17) is 9.47 Å². The minimum Gasteiger partial charge on any atom is -0.497 e. The predicted molar refractivity (Wildman–Crippen MR) is 105 cm³/mol. The number of nitrogens with one attached hydrogen (secondary N) is 1. The third-order valence-corrected chi connectivity index (χ3v) is 5.09. The van der Waals surface area contributed by atoms with Crippen LogP contribution in [0.15, 0.2) is 72.8 Å². The summed E-state index contributed by atoms with van der Waals surface area (Å²) >= 11 is 0. The predicted octanol–water partition coefficient (Wildman–Crippen LogP) is 3.52. The summed E-state index contributed by atoms with van der Waals surface area (Å²) in [5.41, 5.74) is 2.25. The molecule has 28 heavy (non-hydrogen) atoms. The van der Waals surface area contributed by atoms with Crippen LogP contribution in [0, 0.1) is 0 Å². The minimum atomic E-state index is -1.41. The van der Waals surface area contributed by atoms with E-state index in [0.29, 0.717) is 22.4 Å². The van der Waals surface area contributed by atoms with E-state index in [9.17, 15) is 9.59 Å². The Bertz CT molecular complexity index is 1040. The largest absolute Gasteiger partial charge is 0.497 e. The van der Waals surface area contributed by atoms with Crippen molar-refractivity contribution in [2.75, 3.05) is 14.2 Å². The second-order valence-electron chi connectivity index (χ2n) is 6.55. The number of carbonyl (C=O) groups is 2. The molecule has 0 bridgehead atoms. The lowest BCUT2D eigenvalue weighted by Crippen LogP contribution is -2.48. The van der Waals surface area contributed by atoms with E-state index in [-0.39, 0.29) is 5.91 Å². The van der Waals surface area contributed by atoms with Gasteiger partial charge in [0.25, 0.3) is 5.91 Å². The topological polar surface area (TPSA) is 64.6 Å². The van der Waals surface area contributed by atoms with Gasteiger partial charge in [0.1, 0.15) is 5.75 Å². The Morgan fingerprint density at radius 2 is 1.57 bits per heavy atom. The molecule has 0 aliphatic carbocycles. The highest BCUT2D eigenvalue weighted by molar-refractivity contribution is 6.07. The summed E-state index contributed by atoms with van der Waals surface area (Å²) in [4.78, 5) is 25.5. The molecule has 3 aromatic carbocycles. The normalized spacial score (nSPS) is 17.6. The lowest BCUT2D eigenvalue weighted by molar-refractivity contribution is -0.146. The molecule has 0 aromatic heterocycles. The van der Waals surface area contributed by atoms with Gasteiger partial charge in [-0.3, -0.25) is 4.79 Å². The minimum absolute atomic E-state index is 0.324. The van der Waals surface area contributed by atoms with Crippen molar-refractivity contribution in [2.24, 2.45) is 0 Å². The summed E-state index contributed by atoms with van der Waals surface area (Å²) in [5, 5.41) is 2.84. The summed E-state index contributed by atoms with van der Waals surface area (Å²) in [5.74, 6) is -0.320. The summed E-state index contributed by atoms with van der Waals surface area (Å²) in [6.45, 7) is 0. The van der Waals surface area contributed by atoms with E-state index in [1.54, 1.807) is 25.3 Å². The van der Waals surface area contributed by atoms with Gasteiger partial charge in [0.2, 0.25) is 0 Å². The van der Waals surface area contributed by atoms with Crippen LogP contribution in [0.3, 0.4) is 0 Å². The Morgan fingerprint density at radius 3 is 2.21 bits per heavy atom. The zero-order valence-electron chi connectivity index (χ0n) is 15.6. The van der Waals surface area contributed by atoms with Crippen LogP contribution in [0.25, 0.3) is 11.1 Å². The number of fused-ring (bicyclic) bond motifs is 1. The highest BCUT2D eigenvalue weighted by Gasteiger charge is 2.51. The molecule has 1 amide bonds. The van der Waals surface area contributed by atoms with E-state index in [0.717, 1.165) is 11.1 Å². The smallest absolute Gasteiger partial charge is 0.341 e. The second kappa shape index (κ2) is 6.85. The van der Waals surface area contributed by atoms with Crippen molar-refractivity contribution < 1.29 is 19.1 Å². The summed E-state index contributed by atoms with van der Waals surface area (Å²) in [6, 6.07) is 22.5. The number of methoxy groups -OCH3 is 2. The van der Waals surface area contributed by atoms with Crippen molar-refractivity contribution in [1.29, 1.82) is 0 Å². The molecular formula is C23H19NO4. The van der Waals surface area contributed by atoms with Crippen LogP contribution in [-0.2, 0) is 15.1 Å². The number of carbonyl (C=O) groups excluding carboxylic acids is 2. The summed E-state index contributed by atoms with van der Waals surface area (Å²) in [6.07, 6.45) is 0. The average molecular weight is 373 g/mol. The van der Waals surface area contributed by atoms with Crippen molar-refractivity contribution in [2.45, 2.75) is 5.54 Å². The molecule has 1 atom stereocenters. The molecule has 140 valence electrons. The van der Waals surface area contributed by atoms with Crippen molar-refractivity contribution >= 4 is 11.9 Å². The number of amides is 1. The van der Waals surface area contributed by atoms with Crippen LogP contribution in [-0.4, -0.2) is 26.1 Å². The fourth-order valence-electron chi connectivity index (χ4n) is 3.67. The number of esters is 1. The zero-order chi connectivity index (χ0) is 19.7. The van der Waals surface area contributed by atoms with E-state index in [1.165, 1.54) is 7.11 Å². The van der Waals surface area contributed by atoms with Crippen LogP contribution >= 0.6 is 0 Å². The van der Waals surface area contributed by atoms with Crippen molar-refractivity contribution in [3.63, 3.8) is 0 Å². The van der Waals surface area contributed by atoms with Crippen molar-refractivity contribution in [3.05, 3.63) is 89.5 Å². The highest BCUT2D eigenvalue weighted by Crippen LogP contribution is 2.40. The van der Waals surface area contributed by atoms with E-state index < -0.39 is 11.5 Å². The van der Waals surface area contributed by atoms with Gasteiger partial charge in [0, 0.05) is 11.1 Å². The standard InChI is InChI=1S/C23H19NO4/c1-27-18-12-13-19-20(14-18)23(22(26)28-2,24-21(19)25)17-10-8-16(9-11-17)15-6-4-3-5-7-15/h3-14H,1-2H3,(H,24,25). The molecule has 3 aromatic rings. The molecule has 0 saturated carbocycles. The molecule has 1 unspecified atom stereocenters. The maximum Gasteiger partial charge on any atom is 0.341 e. The Hall–Kier alpha value is -3.60. The summed E-state index contributed by atoms with van der Waals surface area (Å²) in [7, 11) is 2.85. The highest BCUT2D eigenvalue weighted by atomic mass is 16.5. The first-order valence-electron chi connectivity index (χ1n) is 8.85. The first-order valence-corrected chi connectivity index (χ1v) is 8.85. The maximum absolute atomic E-state index is 12.9. The van der Waals surface area contributed by atoms with Gasteiger partial charge >= 0.3 is 5.97 Å². The number of rotatable bonds is 4. The second-order valence-corrected chi connectivity index (χ2v) is 6.55. The average Bonchev–Trinajstić information content (AvgIpc) is 3.06. The molecular weight excluding hydrogens is 354 g/mol. The monoisotopic (exact) mass is 373 g/mol. The van der Waals surface area contributed by atoms with Crippen LogP contribution in [0.1, 0.15) is 21.5 Å². The summed E-state index contributed by atoms with van der Waals surface area (Å²) < 4.78 is 10.4. The molecule has 1 heterocycles. The number of hydrogen-bond acceptors (Lipinski definition) is 4. The SMILES string of the molecule is COC(=O)C1(c2ccc(-c3ccccc3)cc2)NC(=O)c2ccc(OC)cc21. The molecule has 0 spiro atoms. The molecule has 5 nitrogen and oxygen atoms in total. The molecule has 0 saturated heterocycles. The molecule has 0 fully saturated rings. The van der Waals surface area contributed by atoms with Crippen LogP contribution < -0.4 is 10.1 Å². The van der Waals surface area contributed by atoms with Gasteiger partial charge in [-0.15, -0.1) is 0 Å². The molecule has 5 heteroatoms. The fourth-order valence-corrected chi connectivity index (χ4v) is 3.67. The first kappa shape index (κ1) is 17.8. The molecule has 4 rings (SSSR count). The first-order chi connectivity index (χ1) is 13.6. The number of benzene rings is 3. The Balaban J connectivity index is 1.87. The Labute approximate surface area is 162 Å². The lowest BCUT2D eigenvalue weighted by atomic mass is 9.83. The Kier molecular flexibility index (Phi) is 4.35. The van der Waals surface area contributed by atoms with Gasteiger partial charge in [-0.25, -0.2) is 4.79 Å². The maximum atomic E-state index is 12.9. The van der Waals surface area contributed by atoms with E-state index in [1.807, 2.05) is 54.6 Å². The van der Waals surface area contributed by atoms with Crippen LogP contribution in [0.4, 0.5) is 0 Å².